The highest BCUT2D eigenvalue weighted by Crippen LogP contribution is 2.19. The fourth-order valence-electron chi connectivity index (χ4n) is 2.30. The van der Waals surface area contributed by atoms with Gasteiger partial charge in [-0.05, 0) is 25.5 Å². The van der Waals surface area contributed by atoms with E-state index in [9.17, 15) is 0 Å². The summed E-state index contributed by atoms with van der Waals surface area (Å²) in [7, 11) is 2.12. The Morgan fingerprint density at radius 2 is 1.94 bits per heavy atom. The molecule has 0 radical (unpaired) electrons. The maximum Gasteiger partial charge on any atom is 0.0594 e. The second kappa shape index (κ2) is 5.52. The van der Waals surface area contributed by atoms with E-state index in [0.717, 1.165) is 32.8 Å². The second-order valence-electron chi connectivity index (χ2n) is 4.92. The molecule has 0 amide bonds. The molecule has 3 nitrogen and oxygen atoms in total. The molecular formula is C14H22N2O. The summed E-state index contributed by atoms with van der Waals surface area (Å²) in [5.74, 6) is 0. The standard InChI is InChI=1S/C14H22N2O/c1-12(2)14-5-4-13(10-15(14)3)11-16-6-8-17-9-7-16/h4-5,10H,6-9,11H2,1-3H3. The molecule has 0 aromatic carbocycles. The van der Waals surface area contributed by atoms with Crippen molar-refractivity contribution in [3.05, 3.63) is 35.2 Å². The Morgan fingerprint density at radius 1 is 1.24 bits per heavy atom. The lowest BCUT2D eigenvalue weighted by Crippen LogP contribution is -2.37. The summed E-state index contributed by atoms with van der Waals surface area (Å²) in [5, 5.41) is 0. The van der Waals surface area contributed by atoms with Gasteiger partial charge in [0.2, 0.25) is 0 Å². The number of hydrogen-bond acceptors (Lipinski definition) is 3. The minimum atomic E-state index is 0.867. The number of hydrogen-bond donors (Lipinski definition) is 0. The van der Waals surface area contributed by atoms with Gasteiger partial charge in [-0.1, -0.05) is 11.6 Å². The molecule has 0 atom stereocenters. The van der Waals surface area contributed by atoms with Crippen LogP contribution in [0.4, 0.5) is 0 Å². The third-order valence-corrected chi connectivity index (χ3v) is 3.22. The molecule has 0 saturated carbocycles. The lowest BCUT2D eigenvalue weighted by Gasteiger charge is -2.29. The molecular weight excluding hydrogens is 212 g/mol. The van der Waals surface area contributed by atoms with Crippen LogP contribution in [0, 0.1) is 0 Å². The molecule has 0 unspecified atom stereocenters. The van der Waals surface area contributed by atoms with Gasteiger partial charge >= 0.3 is 0 Å². The quantitative estimate of drug-likeness (QED) is 0.727. The minimum Gasteiger partial charge on any atom is -0.379 e. The summed E-state index contributed by atoms with van der Waals surface area (Å²) < 4.78 is 5.36. The first-order valence-corrected chi connectivity index (χ1v) is 6.26. The highest BCUT2D eigenvalue weighted by Gasteiger charge is 2.13. The normalized spacial score (nSPS) is 21.7. The molecule has 0 aliphatic carbocycles. The molecule has 0 spiro atoms. The number of morpholine rings is 1. The van der Waals surface area contributed by atoms with Crippen LogP contribution in [-0.2, 0) is 4.74 Å². The predicted molar refractivity (Wildman–Crippen MR) is 70.6 cm³/mol. The van der Waals surface area contributed by atoms with E-state index in [1.807, 2.05) is 0 Å². The van der Waals surface area contributed by atoms with Gasteiger partial charge in [-0.3, -0.25) is 4.90 Å². The average molecular weight is 234 g/mol. The van der Waals surface area contributed by atoms with Gasteiger partial charge in [0, 0.05) is 38.6 Å². The van der Waals surface area contributed by atoms with Crippen LogP contribution in [0.15, 0.2) is 35.2 Å². The van der Waals surface area contributed by atoms with E-state index in [1.54, 1.807) is 0 Å². The van der Waals surface area contributed by atoms with Crippen LogP contribution in [-0.4, -0.2) is 49.7 Å². The maximum atomic E-state index is 5.36. The van der Waals surface area contributed by atoms with Crippen LogP contribution in [0.3, 0.4) is 0 Å². The largest absolute Gasteiger partial charge is 0.379 e. The molecule has 2 heterocycles. The molecule has 0 aromatic heterocycles. The van der Waals surface area contributed by atoms with Crippen molar-refractivity contribution in [2.24, 2.45) is 0 Å². The molecule has 0 N–H and O–H groups in total. The van der Waals surface area contributed by atoms with E-state index in [0.29, 0.717) is 0 Å². The van der Waals surface area contributed by atoms with Crippen molar-refractivity contribution in [1.29, 1.82) is 0 Å². The van der Waals surface area contributed by atoms with Crippen LogP contribution < -0.4 is 0 Å². The molecule has 0 aromatic rings. The number of rotatable bonds is 2. The van der Waals surface area contributed by atoms with E-state index in [4.69, 9.17) is 4.74 Å². The van der Waals surface area contributed by atoms with E-state index in [1.165, 1.54) is 16.8 Å². The number of ether oxygens (including phenoxy) is 1. The molecule has 1 fully saturated rings. The van der Waals surface area contributed by atoms with Crippen molar-refractivity contribution in [3.63, 3.8) is 0 Å². The van der Waals surface area contributed by atoms with Gasteiger partial charge in [-0.2, -0.15) is 0 Å². The Labute approximate surface area is 104 Å². The number of likely N-dealkylation sites (N-methyl/N-ethyl adjacent to an activating group) is 1. The second-order valence-corrected chi connectivity index (χ2v) is 4.92. The molecule has 94 valence electrons. The summed E-state index contributed by atoms with van der Waals surface area (Å²) in [5.41, 5.74) is 4.03. The van der Waals surface area contributed by atoms with E-state index >= 15 is 0 Å². The van der Waals surface area contributed by atoms with Gasteiger partial charge < -0.3 is 9.64 Å². The first-order chi connectivity index (χ1) is 8.16. The van der Waals surface area contributed by atoms with Gasteiger partial charge in [0.15, 0.2) is 0 Å². The van der Waals surface area contributed by atoms with Crippen LogP contribution in [0.1, 0.15) is 13.8 Å². The zero-order valence-electron chi connectivity index (χ0n) is 11.1. The fourth-order valence-corrected chi connectivity index (χ4v) is 2.30. The Kier molecular flexibility index (Phi) is 4.02. The molecule has 2 rings (SSSR count). The van der Waals surface area contributed by atoms with Gasteiger partial charge in [-0.15, -0.1) is 0 Å². The van der Waals surface area contributed by atoms with Crippen LogP contribution in [0.5, 0.6) is 0 Å². The lowest BCUT2D eigenvalue weighted by molar-refractivity contribution is 0.0425. The highest BCUT2D eigenvalue weighted by atomic mass is 16.5. The van der Waals surface area contributed by atoms with Crippen molar-refractivity contribution < 1.29 is 4.74 Å². The van der Waals surface area contributed by atoms with Gasteiger partial charge in [-0.25, -0.2) is 0 Å². The van der Waals surface area contributed by atoms with Crippen molar-refractivity contribution >= 4 is 0 Å². The van der Waals surface area contributed by atoms with Gasteiger partial charge in [0.1, 0.15) is 0 Å². The highest BCUT2D eigenvalue weighted by molar-refractivity contribution is 5.36. The van der Waals surface area contributed by atoms with Crippen molar-refractivity contribution in [1.82, 2.24) is 9.80 Å². The van der Waals surface area contributed by atoms with Crippen LogP contribution in [0.25, 0.3) is 0 Å². The molecule has 3 heteroatoms. The number of nitrogens with zero attached hydrogens (tertiary/aromatic N) is 2. The molecule has 2 aliphatic heterocycles. The Balaban J connectivity index is 1.97. The monoisotopic (exact) mass is 234 g/mol. The van der Waals surface area contributed by atoms with Crippen molar-refractivity contribution in [2.45, 2.75) is 13.8 Å². The maximum absolute atomic E-state index is 5.36. The van der Waals surface area contributed by atoms with E-state index in [-0.39, 0.29) is 0 Å². The predicted octanol–water partition coefficient (Wildman–Crippen LogP) is 2.00. The Morgan fingerprint density at radius 3 is 2.53 bits per heavy atom. The summed E-state index contributed by atoms with van der Waals surface area (Å²) >= 11 is 0. The molecule has 17 heavy (non-hydrogen) atoms. The Hall–Kier alpha value is -1.06. The van der Waals surface area contributed by atoms with Crippen molar-refractivity contribution in [3.8, 4) is 0 Å². The van der Waals surface area contributed by atoms with E-state index < -0.39 is 0 Å². The van der Waals surface area contributed by atoms with Gasteiger partial charge in [0.05, 0.1) is 13.2 Å². The summed E-state index contributed by atoms with van der Waals surface area (Å²) in [6, 6.07) is 0. The van der Waals surface area contributed by atoms with Crippen molar-refractivity contribution in [2.75, 3.05) is 39.9 Å². The first kappa shape index (κ1) is 12.4. The smallest absolute Gasteiger partial charge is 0.0594 e. The SMILES string of the molecule is CC(C)=C1C=CC(CN2CCOCC2)=CN1C. The fraction of sp³-hybridized carbons (Fsp3) is 0.571. The molecule has 1 saturated heterocycles. The van der Waals surface area contributed by atoms with Gasteiger partial charge in [0.25, 0.3) is 0 Å². The van der Waals surface area contributed by atoms with E-state index in [2.05, 4.69) is 49.0 Å². The third kappa shape index (κ3) is 3.20. The number of allylic oxidation sites excluding steroid dienone is 2. The topological polar surface area (TPSA) is 15.7 Å². The minimum absolute atomic E-state index is 0.867. The molecule has 0 bridgehead atoms. The summed E-state index contributed by atoms with van der Waals surface area (Å²) in [4.78, 5) is 4.66. The van der Waals surface area contributed by atoms with Crippen LogP contribution >= 0.6 is 0 Å². The third-order valence-electron chi connectivity index (χ3n) is 3.22. The molecule has 2 aliphatic rings. The zero-order chi connectivity index (χ0) is 12.3. The van der Waals surface area contributed by atoms with Crippen LogP contribution in [0.2, 0.25) is 0 Å². The summed E-state index contributed by atoms with van der Waals surface area (Å²) in [6.07, 6.45) is 6.68. The zero-order valence-corrected chi connectivity index (χ0v) is 11.1. The summed E-state index contributed by atoms with van der Waals surface area (Å²) in [6.45, 7) is 9.15. The average Bonchev–Trinajstić information content (AvgIpc) is 2.30. The lowest BCUT2D eigenvalue weighted by atomic mass is 10.1. The first-order valence-electron chi connectivity index (χ1n) is 6.26. The Bertz CT molecular complexity index is 358.